The number of halogens is 2. The summed E-state index contributed by atoms with van der Waals surface area (Å²) in [6.07, 6.45) is 1.27. The number of carbonyl (C=O) groups excluding carboxylic acids is 1. The maximum atomic E-state index is 11.7. The van der Waals surface area contributed by atoms with Crippen molar-refractivity contribution in [1.82, 2.24) is 5.43 Å². The van der Waals surface area contributed by atoms with Crippen molar-refractivity contribution in [2.45, 2.75) is 6.92 Å². The quantitative estimate of drug-likeness (QED) is 0.468. The zero-order valence-electron chi connectivity index (χ0n) is 13.0. The van der Waals surface area contributed by atoms with E-state index in [1.807, 2.05) is 6.92 Å². The second kappa shape index (κ2) is 8.46. The molecular weight excluding hydrogens is 369 g/mol. The van der Waals surface area contributed by atoms with Crippen molar-refractivity contribution in [1.29, 1.82) is 0 Å². The van der Waals surface area contributed by atoms with Gasteiger partial charge in [-0.15, -0.1) is 0 Å². The Labute approximate surface area is 153 Å². The van der Waals surface area contributed by atoms with Gasteiger partial charge in [-0.2, -0.15) is 5.10 Å². The number of nitro benzene ring substituents is 1. The molecule has 130 valence electrons. The number of amides is 1. The molecule has 0 spiro atoms. The van der Waals surface area contributed by atoms with E-state index in [0.29, 0.717) is 16.3 Å². The first-order chi connectivity index (χ1) is 11.9. The van der Waals surface area contributed by atoms with Crippen LogP contribution in [0, 0.1) is 17.0 Å². The fourth-order valence-electron chi connectivity index (χ4n) is 1.88. The third-order valence-electron chi connectivity index (χ3n) is 3.07. The fraction of sp³-hybridized carbons (Fsp3) is 0.125. The highest BCUT2D eigenvalue weighted by atomic mass is 35.5. The van der Waals surface area contributed by atoms with Crippen LogP contribution < -0.4 is 10.2 Å². The van der Waals surface area contributed by atoms with E-state index in [0.717, 1.165) is 5.56 Å². The predicted octanol–water partition coefficient (Wildman–Crippen LogP) is 3.74. The van der Waals surface area contributed by atoms with Gasteiger partial charge in [-0.25, -0.2) is 5.43 Å². The van der Waals surface area contributed by atoms with Crippen molar-refractivity contribution in [3.05, 3.63) is 67.7 Å². The summed E-state index contributed by atoms with van der Waals surface area (Å²) < 4.78 is 5.37. The minimum Gasteiger partial charge on any atom is -0.483 e. The van der Waals surface area contributed by atoms with E-state index in [-0.39, 0.29) is 17.3 Å². The molecule has 0 unspecified atom stereocenters. The highest BCUT2D eigenvalue weighted by Crippen LogP contribution is 2.24. The van der Waals surface area contributed by atoms with E-state index in [2.05, 4.69) is 10.5 Å². The van der Waals surface area contributed by atoms with Gasteiger partial charge in [0.15, 0.2) is 6.61 Å². The van der Waals surface area contributed by atoms with Crippen molar-refractivity contribution in [3.63, 3.8) is 0 Å². The normalized spacial score (nSPS) is 10.7. The van der Waals surface area contributed by atoms with Crippen LogP contribution >= 0.6 is 23.2 Å². The van der Waals surface area contributed by atoms with Crippen LogP contribution in [0.3, 0.4) is 0 Å². The molecule has 0 saturated heterocycles. The van der Waals surface area contributed by atoms with E-state index in [9.17, 15) is 14.9 Å². The first-order valence-corrected chi connectivity index (χ1v) is 7.77. The average molecular weight is 382 g/mol. The Morgan fingerprint density at radius 1 is 1.32 bits per heavy atom. The summed E-state index contributed by atoms with van der Waals surface area (Å²) in [5, 5.41) is 15.1. The number of carbonyl (C=O) groups is 1. The first kappa shape index (κ1) is 18.7. The zero-order valence-corrected chi connectivity index (χ0v) is 14.5. The predicted molar refractivity (Wildman–Crippen MR) is 95.5 cm³/mol. The van der Waals surface area contributed by atoms with Gasteiger partial charge in [-0.3, -0.25) is 14.9 Å². The highest BCUT2D eigenvalue weighted by Gasteiger charge is 2.12. The molecule has 0 saturated carbocycles. The average Bonchev–Trinajstić information content (AvgIpc) is 2.55. The van der Waals surface area contributed by atoms with E-state index in [4.69, 9.17) is 27.9 Å². The molecule has 9 heteroatoms. The van der Waals surface area contributed by atoms with E-state index < -0.39 is 10.8 Å². The molecule has 0 aromatic heterocycles. The Balaban J connectivity index is 1.90. The summed E-state index contributed by atoms with van der Waals surface area (Å²) in [6.45, 7) is 1.57. The number of ether oxygens (including phenoxy) is 1. The van der Waals surface area contributed by atoms with Crippen molar-refractivity contribution >= 4 is 41.0 Å². The molecule has 0 aliphatic heterocycles. The molecule has 1 amide bonds. The lowest BCUT2D eigenvalue weighted by Crippen LogP contribution is -2.24. The molecule has 1 N–H and O–H groups in total. The Morgan fingerprint density at radius 2 is 2.08 bits per heavy atom. The number of nitro groups is 1. The Hall–Kier alpha value is -2.64. The van der Waals surface area contributed by atoms with Crippen LogP contribution in [-0.4, -0.2) is 23.7 Å². The van der Waals surface area contributed by atoms with Gasteiger partial charge in [0.2, 0.25) is 0 Å². The Kier molecular flexibility index (Phi) is 6.32. The summed E-state index contributed by atoms with van der Waals surface area (Å²) in [6, 6.07) is 9.23. The van der Waals surface area contributed by atoms with E-state index >= 15 is 0 Å². The van der Waals surface area contributed by atoms with Gasteiger partial charge in [0.25, 0.3) is 11.6 Å². The number of nitrogens with zero attached hydrogens (tertiary/aromatic N) is 2. The summed E-state index contributed by atoms with van der Waals surface area (Å²) in [5.74, 6) is 0.0610. The smallest absolute Gasteiger partial charge is 0.288 e. The lowest BCUT2D eigenvalue weighted by atomic mass is 10.2. The highest BCUT2D eigenvalue weighted by molar-refractivity contribution is 6.32. The van der Waals surface area contributed by atoms with Crippen LogP contribution in [0.5, 0.6) is 5.75 Å². The molecule has 0 heterocycles. The first-order valence-electron chi connectivity index (χ1n) is 7.01. The van der Waals surface area contributed by atoms with Gasteiger partial charge in [0, 0.05) is 16.7 Å². The third kappa shape index (κ3) is 5.44. The lowest BCUT2D eigenvalue weighted by Gasteiger charge is -2.08. The number of benzene rings is 2. The van der Waals surface area contributed by atoms with Gasteiger partial charge < -0.3 is 4.74 Å². The Morgan fingerprint density at radius 3 is 2.76 bits per heavy atom. The number of hydrazone groups is 1. The molecule has 2 aromatic rings. The van der Waals surface area contributed by atoms with Gasteiger partial charge in [-0.1, -0.05) is 29.3 Å². The topological polar surface area (TPSA) is 93.8 Å². The van der Waals surface area contributed by atoms with E-state index in [1.165, 1.54) is 18.3 Å². The van der Waals surface area contributed by atoms with Gasteiger partial charge in [-0.05, 0) is 36.8 Å². The van der Waals surface area contributed by atoms with Crippen LogP contribution in [0.2, 0.25) is 10.0 Å². The largest absolute Gasteiger partial charge is 0.483 e. The molecule has 2 rings (SSSR count). The molecule has 0 atom stereocenters. The summed E-state index contributed by atoms with van der Waals surface area (Å²) in [7, 11) is 0. The lowest BCUT2D eigenvalue weighted by molar-refractivity contribution is -0.384. The van der Waals surface area contributed by atoms with Crippen molar-refractivity contribution < 1.29 is 14.5 Å². The van der Waals surface area contributed by atoms with Crippen LogP contribution in [0.25, 0.3) is 0 Å². The van der Waals surface area contributed by atoms with Crippen molar-refractivity contribution in [2.24, 2.45) is 5.10 Å². The van der Waals surface area contributed by atoms with Gasteiger partial charge in [0.1, 0.15) is 10.8 Å². The molecule has 0 radical (unpaired) electrons. The second-order valence-corrected chi connectivity index (χ2v) is 5.80. The zero-order chi connectivity index (χ0) is 18.4. The van der Waals surface area contributed by atoms with Crippen molar-refractivity contribution in [3.8, 4) is 5.75 Å². The molecule has 0 bridgehead atoms. The molecule has 0 aliphatic rings. The molecule has 7 nitrogen and oxygen atoms in total. The number of aryl methyl sites for hydroxylation is 1. The minimum absolute atomic E-state index is 0.0259. The van der Waals surface area contributed by atoms with Crippen LogP contribution in [0.4, 0.5) is 5.69 Å². The summed E-state index contributed by atoms with van der Waals surface area (Å²) in [5.41, 5.74) is 3.26. The van der Waals surface area contributed by atoms with Crippen LogP contribution in [-0.2, 0) is 4.79 Å². The second-order valence-electron chi connectivity index (χ2n) is 4.96. The summed E-state index contributed by atoms with van der Waals surface area (Å²) >= 11 is 11.6. The molecule has 2 aromatic carbocycles. The number of rotatable bonds is 6. The van der Waals surface area contributed by atoms with Gasteiger partial charge in [0.05, 0.1) is 11.1 Å². The SMILES string of the molecule is Cc1cc(Cl)ccc1OCC(=O)NN=Cc1ccc(Cl)c([N+](=O)[O-])c1. The third-order valence-corrected chi connectivity index (χ3v) is 3.62. The maximum absolute atomic E-state index is 11.7. The minimum atomic E-state index is -0.597. The molecule has 0 aliphatic carbocycles. The fourth-order valence-corrected chi connectivity index (χ4v) is 2.29. The number of hydrogen-bond donors (Lipinski definition) is 1. The van der Waals surface area contributed by atoms with E-state index in [1.54, 1.807) is 24.3 Å². The summed E-state index contributed by atoms with van der Waals surface area (Å²) in [4.78, 5) is 21.9. The number of nitrogens with one attached hydrogen (secondary N) is 1. The maximum Gasteiger partial charge on any atom is 0.288 e. The molecule has 25 heavy (non-hydrogen) atoms. The van der Waals surface area contributed by atoms with Crippen molar-refractivity contribution in [2.75, 3.05) is 6.61 Å². The molecular formula is C16H13Cl2N3O4. The van der Waals surface area contributed by atoms with Crippen LogP contribution in [0.15, 0.2) is 41.5 Å². The standard InChI is InChI=1S/C16H13Cl2N3O4/c1-10-6-12(17)3-5-15(10)25-9-16(22)20-19-8-11-2-4-13(18)14(7-11)21(23)24/h2-8H,9H2,1H3,(H,20,22). The van der Waals surface area contributed by atoms with Crippen LogP contribution in [0.1, 0.15) is 11.1 Å². The monoisotopic (exact) mass is 381 g/mol. The molecule has 0 fully saturated rings. The van der Waals surface area contributed by atoms with Gasteiger partial charge >= 0.3 is 0 Å². The Bertz CT molecular complexity index is 840. The number of hydrogen-bond acceptors (Lipinski definition) is 5.